The number of nitrogens with one attached hydrogen (secondary N) is 2. The van der Waals surface area contributed by atoms with Gasteiger partial charge in [-0.05, 0) is 18.2 Å². The number of amides is 2. The van der Waals surface area contributed by atoms with Crippen molar-refractivity contribution in [1.82, 2.24) is 15.8 Å². The fourth-order valence-corrected chi connectivity index (χ4v) is 2.95. The van der Waals surface area contributed by atoms with Gasteiger partial charge in [0.2, 0.25) is 0 Å². The molecule has 132 valence electrons. The molecular formula is C21H16N4O2. The Hall–Kier alpha value is -3.80. The number of benzene rings is 2. The summed E-state index contributed by atoms with van der Waals surface area (Å²) in [6.07, 6.45) is 7.54. The second-order valence-corrected chi connectivity index (χ2v) is 5.96. The number of hydrogen-bond acceptors (Lipinski definition) is 4. The van der Waals surface area contributed by atoms with Gasteiger partial charge in [0.1, 0.15) is 5.70 Å². The van der Waals surface area contributed by atoms with Gasteiger partial charge in [0.05, 0.1) is 16.6 Å². The summed E-state index contributed by atoms with van der Waals surface area (Å²) in [4.78, 5) is 33.8. The summed E-state index contributed by atoms with van der Waals surface area (Å²) in [6, 6.07) is 14.8. The van der Waals surface area contributed by atoms with Crippen molar-refractivity contribution in [2.24, 2.45) is 4.99 Å². The first kappa shape index (κ1) is 16.7. The molecular weight excluding hydrogens is 340 g/mol. The Kier molecular flexibility index (Phi) is 4.45. The van der Waals surface area contributed by atoms with Crippen LogP contribution < -0.4 is 10.9 Å². The molecule has 6 heteroatoms. The highest BCUT2D eigenvalue weighted by atomic mass is 16.2. The SMILES string of the molecule is O=C(NNC(=O)c1c2ccccc2nc2ccccc12)C1=CC=CCC=N1. The van der Waals surface area contributed by atoms with Crippen molar-refractivity contribution < 1.29 is 9.59 Å². The van der Waals surface area contributed by atoms with Gasteiger partial charge in [0, 0.05) is 23.4 Å². The van der Waals surface area contributed by atoms with Crippen LogP contribution in [0.15, 0.2) is 77.4 Å². The number of nitrogens with zero attached hydrogens (tertiary/aromatic N) is 2. The smallest absolute Gasteiger partial charge is 0.267 e. The second-order valence-electron chi connectivity index (χ2n) is 5.96. The zero-order chi connectivity index (χ0) is 18.6. The van der Waals surface area contributed by atoms with E-state index in [1.54, 1.807) is 18.4 Å². The number of pyridine rings is 1. The van der Waals surface area contributed by atoms with Crippen molar-refractivity contribution in [2.45, 2.75) is 6.42 Å². The number of hydrogen-bond donors (Lipinski definition) is 2. The summed E-state index contributed by atoms with van der Waals surface area (Å²) in [5.74, 6) is -0.888. The Morgan fingerprint density at radius 1 is 0.852 bits per heavy atom. The van der Waals surface area contributed by atoms with Gasteiger partial charge in [-0.1, -0.05) is 48.6 Å². The minimum atomic E-state index is -0.478. The maximum atomic E-state index is 12.9. The fourth-order valence-electron chi connectivity index (χ4n) is 2.95. The van der Waals surface area contributed by atoms with Gasteiger partial charge in [-0.25, -0.2) is 4.98 Å². The molecule has 4 rings (SSSR count). The first-order chi connectivity index (χ1) is 13.2. The number of allylic oxidation sites excluding steroid dienone is 3. The third-order valence-electron chi connectivity index (χ3n) is 4.20. The molecule has 0 unspecified atom stereocenters. The third kappa shape index (κ3) is 3.32. The summed E-state index contributed by atoms with van der Waals surface area (Å²) in [6.45, 7) is 0. The lowest BCUT2D eigenvalue weighted by Crippen LogP contribution is -2.42. The van der Waals surface area contributed by atoms with Crippen LogP contribution in [-0.4, -0.2) is 23.0 Å². The first-order valence-corrected chi connectivity index (χ1v) is 8.51. The summed E-state index contributed by atoms with van der Waals surface area (Å²) in [5.41, 5.74) is 7.06. The highest BCUT2D eigenvalue weighted by Crippen LogP contribution is 2.25. The van der Waals surface area contributed by atoms with Crippen molar-refractivity contribution in [1.29, 1.82) is 0 Å². The van der Waals surface area contributed by atoms with Crippen LogP contribution in [0.5, 0.6) is 0 Å². The molecule has 3 aromatic rings. The van der Waals surface area contributed by atoms with Crippen molar-refractivity contribution in [3.63, 3.8) is 0 Å². The molecule has 0 atom stereocenters. The van der Waals surface area contributed by atoms with E-state index in [4.69, 9.17) is 0 Å². The van der Waals surface area contributed by atoms with E-state index in [0.29, 0.717) is 23.0 Å². The predicted molar refractivity (Wildman–Crippen MR) is 105 cm³/mol. The third-order valence-corrected chi connectivity index (χ3v) is 4.20. The molecule has 0 bridgehead atoms. The molecule has 0 spiro atoms. The van der Waals surface area contributed by atoms with E-state index in [0.717, 1.165) is 10.8 Å². The minimum Gasteiger partial charge on any atom is -0.267 e. The van der Waals surface area contributed by atoms with Gasteiger partial charge in [-0.15, -0.1) is 0 Å². The molecule has 1 aliphatic rings. The number of carbonyl (C=O) groups is 2. The first-order valence-electron chi connectivity index (χ1n) is 8.51. The molecule has 6 nitrogen and oxygen atoms in total. The lowest BCUT2D eigenvalue weighted by molar-refractivity contribution is -0.118. The maximum Gasteiger partial charge on any atom is 0.288 e. The number of fused-ring (bicyclic) bond motifs is 2. The van der Waals surface area contributed by atoms with Crippen molar-refractivity contribution >= 4 is 39.8 Å². The largest absolute Gasteiger partial charge is 0.288 e. The molecule has 0 saturated heterocycles. The van der Waals surface area contributed by atoms with E-state index in [1.165, 1.54) is 0 Å². The highest BCUT2D eigenvalue weighted by Gasteiger charge is 2.17. The Bertz CT molecular complexity index is 1090. The van der Waals surface area contributed by atoms with Gasteiger partial charge in [-0.2, -0.15) is 0 Å². The average molecular weight is 356 g/mol. The van der Waals surface area contributed by atoms with Crippen LogP contribution in [-0.2, 0) is 4.79 Å². The molecule has 0 radical (unpaired) electrons. The van der Waals surface area contributed by atoms with E-state index in [-0.39, 0.29) is 5.70 Å². The molecule has 1 aliphatic heterocycles. The number of hydrazine groups is 1. The summed E-state index contributed by atoms with van der Waals surface area (Å²) >= 11 is 0. The van der Waals surface area contributed by atoms with Crippen LogP contribution in [0, 0.1) is 0 Å². The van der Waals surface area contributed by atoms with E-state index in [2.05, 4.69) is 20.8 Å². The Morgan fingerprint density at radius 2 is 1.48 bits per heavy atom. The van der Waals surface area contributed by atoms with Crippen LogP contribution in [0.4, 0.5) is 0 Å². The van der Waals surface area contributed by atoms with Crippen molar-refractivity contribution in [2.75, 3.05) is 0 Å². The van der Waals surface area contributed by atoms with Crippen LogP contribution in [0.3, 0.4) is 0 Å². The number of carbonyl (C=O) groups excluding carboxylic acids is 2. The minimum absolute atomic E-state index is 0.230. The van der Waals surface area contributed by atoms with E-state index >= 15 is 0 Å². The van der Waals surface area contributed by atoms with Crippen molar-refractivity contribution in [3.8, 4) is 0 Å². The van der Waals surface area contributed by atoms with E-state index in [1.807, 2.05) is 54.6 Å². The maximum absolute atomic E-state index is 12.9. The number of rotatable bonds is 2. The van der Waals surface area contributed by atoms with E-state index in [9.17, 15) is 9.59 Å². The summed E-state index contributed by atoms with van der Waals surface area (Å²) in [5, 5.41) is 1.44. The van der Waals surface area contributed by atoms with E-state index < -0.39 is 11.8 Å². The van der Waals surface area contributed by atoms with Gasteiger partial charge < -0.3 is 0 Å². The molecule has 2 amide bonds. The Morgan fingerprint density at radius 3 is 2.19 bits per heavy atom. The van der Waals surface area contributed by atoms with Crippen LogP contribution in [0.1, 0.15) is 16.8 Å². The zero-order valence-electron chi connectivity index (χ0n) is 14.3. The Labute approximate surface area is 155 Å². The topological polar surface area (TPSA) is 83.5 Å². The molecule has 27 heavy (non-hydrogen) atoms. The van der Waals surface area contributed by atoms with Crippen LogP contribution in [0.2, 0.25) is 0 Å². The average Bonchev–Trinajstić information content (AvgIpc) is 2.99. The number of aliphatic imine (C=N–C) groups is 1. The molecule has 0 fully saturated rings. The predicted octanol–water partition coefficient (Wildman–Crippen LogP) is 3.06. The summed E-state index contributed by atoms with van der Waals surface area (Å²) < 4.78 is 0. The number of para-hydroxylation sites is 2. The van der Waals surface area contributed by atoms with Gasteiger partial charge in [-0.3, -0.25) is 25.4 Å². The standard InChI is InChI=1S/C21H16N4O2/c26-20(18-12-2-1-7-13-22-18)24-25-21(27)19-14-8-3-5-10-16(14)23-17-11-6-4-9-15(17)19/h1-6,8-13H,7H2,(H,24,26)(H,25,27). The monoisotopic (exact) mass is 356 g/mol. The second kappa shape index (κ2) is 7.21. The fraction of sp³-hybridized carbons (Fsp3) is 0.0476. The van der Waals surface area contributed by atoms with Crippen molar-refractivity contribution in [3.05, 3.63) is 78.0 Å². The molecule has 2 N–H and O–H groups in total. The molecule has 2 heterocycles. The van der Waals surface area contributed by atoms with Gasteiger partial charge in [0.15, 0.2) is 0 Å². The summed E-state index contributed by atoms with van der Waals surface area (Å²) in [7, 11) is 0. The molecule has 0 aliphatic carbocycles. The lowest BCUT2D eigenvalue weighted by atomic mass is 10.0. The highest BCUT2D eigenvalue weighted by molar-refractivity contribution is 6.16. The molecule has 0 saturated carbocycles. The number of aromatic nitrogens is 1. The quantitative estimate of drug-likeness (QED) is 0.547. The normalized spacial score (nSPS) is 13.3. The molecule has 1 aromatic heterocycles. The molecule has 2 aromatic carbocycles. The lowest BCUT2D eigenvalue weighted by Gasteiger charge is -2.12. The van der Waals surface area contributed by atoms with Crippen LogP contribution >= 0.6 is 0 Å². The Balaban J connectivity index is 1.67. The zero-order valence-corrected chi connectivity index (χ0v) is 14.3. The van der Waals surface area contributed by atoms with Gasteiger partial charge in [0.25, 0.3) is 11.8 Å². The van der Waals surface area contributed by atoms with Crippen LogP contribution in [0.25, 0.3) is 21.8 Å². The van der Waals surface area contributed by atoms with Gasteiger partial charge >= 0.3 is 0 Å².